The second-order valence-corrected chi connectivity index (χ2v) is 5.74. The Kier molecular flexibility index (Phi) is 5.18. The van der Waals surface area contributed by atoms with Crippen LogP contribution in [0.2, 0.25) is 0 Å². The Morgan fingerprint density at radius 2 is 2.23 bits per heavy atom. The van der Waals surface area contributed by atoms with Gasteiger partial charge in [-0.15, -0.1) is 0 Å². The first kappa shape index (κ1) is 18.3. The highest BCUT2D eigenvalue weighted by atomic mass is 16.6. The normalized spacial score (nSPS) is 26.0. The van der Waals surface area contributed by atoms with Crippen molar-refractivity contribution in [3.8, 4) is 0 Å². The first-order valence-electron chi connectivity index (χ1n) is 7.86. The molecule has 26 heavy (non-hydrogen) atoms. The number of aliphatic hydroxyl groups is 2. The number of aromatic nitrogens is 3. The van der Waals surface area contributed by atoms with Gasteiger partial charge in [0.05, 0.1) is 19.1 Å². The molecular weight excluding hydrogens is 344 g/mol. The standard InChI is InChI=1S/C16H20N4O6/c1-24-10(22)4-3-8-5-20(15-11(8)14(17)18-7-19-15)16-13(25-2)12(23)9(6-21)26-16/h3-5,7,9,12-13,16,21,23H,6H2,1-2H3,(H2,17,18,19)/b4-3-/t9-,12-,13-,16-/m1/s1. The van der Waals surface area contributed by atoms with Crippen LogP contribution in [0.15, 0.2) is 18.6 Å². The van der Waals surface area contributed by atoms with E-state index in [2.05, 4.69) is 14.7 Å². The molecule has 4 N–H and O–H groups in total. The van der Waals surface area contributed by atoms with Crippen LogP contribution in [0.5, 0.6) is 0 Å². The fraction of sp³-hybridized carbons (Fsp3) is 0.438. The van der Waals surface area contributed by atoms with E-state index < -0.39 is 30.5 Å². The quantitative estimate of drug-likeness (QED) is 0.471. The molecule has 1 fully saturated rings. The minimum Gasteiger partial charge on any atom is -0.466 e. The van der Waals surface area contributed by atoms with E-state index in [4.69, 9.17) is 15.2 Å². The molecule has 0 radical (unpaired) electrons. The Hall–Kier alpha value is -2.53. The summed E-state index contributed by atoms with van der Waals surface area (Å²) >= 11 is 0. The third-order valence-electron chi connectivity index (χ3n) is 4.31. The monoisotopic (exact) mass is 364 g/mol. The summed E-state index contributed by atoms with van der Waals surface area (Å²) in [6, 6.07) is 0. The van der Waals surface area contributed by atoms with Gasteiger partial charge >= 0.3 is 5.97 Å². The molecule has 2 aromatic heterocycles. The molecule has 3 rings (SSSR count). The molecule has 0 saturated carbocycles. The third kappa shape index (κ3) is 3.03. The summed E-state index contributed by atoms with van der Waals surface area (Å²) in [5.74, 6) is -0.298. The van der Waals surface area contributed by atoms with Gasteiger partial charge in [0.25, 0.3) is 0 Å². The second-order valence-electron chi connectivity index (χ2n) is 5.74. The molecular formula is C16H20N4O6. The number of rotatable bonds is 5. The van der Waals surface area contributed by atoms with Crippen molar-refractivity contribution in [2.45, 2.75) is 24.5 Å². The maximum Gasteiger partial charge on any atom is 0.330 e. The number of hydrogen-bond donors (Lipinski definition) is 3. The van der Waals surface area contributed by atoms with E-state index >= 15 is 0 Å². The van der Waals surface area contributed by atoms with Gasteiger partial charge in [0.15, 0.2) is 6.23 Å². The van der Waals surface area contributed by atoms with Gasteiger partial charge in [-0.05, 0) is 6.08 Å². The lowest BCUT2D eigenvalue weighted by Crippen LogP contribution is -2.34. The summed E-state index contributed by atoms with van der Waals surface area (Å²) in [6.07, 6.45) is 2.47. The molecule has 10 nitrogen and oxygen atoms in total. The van der Waals surface area contributed by atoms with Crippen LogP contribution in [0.1, 0.15) is 11.8 Å². The van der Waals surface area contributed by atoms with Crippen molar-refractivity contribution in [3.63, 3.8) is 0 Å². The summed E-state index contributed by atoms with van der Waals surface area (Å²) in [5.41, 5.74) is 7.00. The van der Waals surface area contributed by atoms with Crippen LogP contribution in [0.4, 0.5) is 5.82 Å². The van der Waals surface area contributed by atoms with Crippen LogP contribution >= 0.6 is 0 Å². The molecule has 140 valence electrons. The number of ether oxygens (including phenoxy) is 3. The van der Waals surface area contributed by atoms with E-state index in [1.54, 1.807) is 10.8 Å². The first-order valence-corrected chi connectivity index (χ1v) is 7.86. The van der Waals surface area contributed by atoms with Crippen LogP contribution in [-0.4, -0.2) is 69.9 Å². The summed E-state index contributed by atoms with van der Waals surface area (Å²) < 4.78 is 17.3. The topological polar surface area (TPSA) is 142 Å². The predicted molar refractivity (Wildman–Crippen MR) is 90.8 cm³/mol. The number of esters is 1. The zero-order chi connectivity index (χ0) is 18.8. The molecule has 0 unspecified atom stereocenters. The number of hydrogen-bond acceptors (Lipinski definition) is 9. The maximum absolute atomic E-state index is 11.4. The molecule has 0 spiro atoms. The molecule has 1 aliphatic heterocycles. The lowest BCUT2D eigenvalue weighted by Gasteiger charge is -2.20. The molecule has 0 bridgehead atoms. The first-order chi connectivity index (χ1) is 12.5. The lowest BCUT2D eigenvalue weighted by atomic mass is 10.1. The van der Waals surface area contributed by atoms with E-state index in [-0.39, 0.29) is 12.4 Å². The Labute approximate surface area is 148 Å². The summed E-state index contributed by atoms with van der Waals surface area (Å²) in [6.45, 7) is -0.358. The van der Waals surface area contributed by atoms with Crippen LogP contribution in [-0.2, 0) is 19.0 Å². The van der Waals surface area contributed by atoms with Crippen molar-refractivity contribution in [1.29, 1.82) is 0 Å². The largest absolute Gasteiger partial charge is 0.466 e. The second kappa shape index (κ2) is 7.38. The van der Waals surface area contributed by atoms with E-state index in [0.29, 0.717) is 16.6 Å². The molecule has 3 heterocycles. The van der Waals surface area contributed by atoms with Crippen molar-refractivity contribution in [2.24, 2.45) is 0 Å². The number of methoxy groups -OCH3 is 2. The Morgan fingerprint density at radius 1 is 1.46 bits per heavy atom. The summed E-state index contributed by atoms with van der Waals surface area (Å²) in [7, 11) is 2.72. The van der Waals surface area contributed by atoms with Crippen LogP contribution in [0, 0.1) is 0 Å². The molecule has 0 aromatic carbocycles. The van der Waals surface area contributed by atoms with Gasteiger partial charge in [-0.25, -0.2) is 14.8 Å². The number of fused-ring (bicyclic) bond motifs is 1. The smallest absolute Gasteiger partial charge is 0.330 e. The number of nitrogen functional groups attached to an aromatic ring is 1. The number of nitrogens with zero attached hydrogens (tertiary/aromatic N) is 3. The van der Waals surface area contributed by atoms with Crippen molar-refractivity contribution in [1.82, 2.24) is 14.5 Å². The highest BCUT2D eigenvalue weighted by molar-refractivity contribution is 5.97. The third-order valence-corrected chi connectivity index (χ3v) is 4.31. The molecule has 1 saturated heterocycles. The number of anilines is 1. The van der Waals surface area contributed by atoms with Gasteiger partial charge in [0, 0.05) is 24.9 Å². The van der Waals surface area contributed by atoms with Gasteiger partial charge < -0.3 is 34.7 Å². The molecule has 4 atom stereocenters. The van der Waals surface area contributed by atoms with E-state index in [0.717, 1.165) is 0 Å². The number of carbonyl (C=O) groups excluding carboxylic acids is 1. The highest BCUT2D eigenvalue weighted by Crippen LogP contribution is 2.36. The van der Waals surface area contributed by atoms with Crippen LogP contribution < -0.4 is 5.73 Å². The number of nitrogens with two attached hydrogens (primary N) is 1. The van der Waals surface area contributed by atoms with Crippen molar-refractivity contribution in [2.75, 3.05) is 26.6 Å². The predicted octanol–water partition coefficient (Wildman–Crippen LogP) is -0.535. The van der Waals surface area contributed by atoms with Crippen molar-refractivity contribution >= 4 is 28.9 Å². The van der Waals surface area contributed by atoms with Crippen molar-refractivity contribution < 1.29 is 29.2 Å². The Bertz CT molecular complexity index is 835. The maximum atomic E-state index is 11.4. The molecule has 10 heteroatoms. The Balaban J connectivity index is 2.11. The molecule has 2 aromatic rings. The summed E-state index contributed by atoms with van der Waals surface area (Å²) in [5, 5.41) is 20.2. The SMILES string of the molecule is COC(=O)/C=C\c1cn([C@@H]2O[C@H](CO)[C@@H](O)[C@H]2OC)c2ncnc(N)c12. The Morgan fingerprint density at radius 3 is 2.88 bits per heavy atom. The summed E-state index contributed by atoms with van der Waals surface area (Å²) in [4.78, 5) is 19.6. The van der Waals surface area contributed by atoms with Crippen molar-refractivity contribution in [3.05, 3.63) is 24.2 Å². The molecule has 0 amide bonds. The van der Waals surface area contributed by atoms with Gasteiger partial charge in [-0.1, -0.05) is 0 Å². The number of aliphatic hydroxyl groups excluding tert-OH is 2. The lowest BCUT2D eigenvalue weighted by molar-refractivity contribution is -0.134. The van der Waals surface area contributed by atoms with Crippen LogP contribution in [0.25, 0.3) is 17.1 Å². The van der Waals surface area contributed by atoms with Gasteiger partial charge in [-0.3, -0.25) is 0 Å². The number of carbonyl (C=O) groups is 1. The van der Waals surface area contributed by atoms with E-state index in [9.17, 15) is 15.0 Å². The van der Waals surface area contributed by atoms with Gasteiger partial charge in [-0.2, -0.15) is 0 Å². The molecule has 0 aliphatic carbocycles. The molecule has 1 aliphatic rings. The van der Waals surface area contributed by atoms with Crippen LogP contribution in [0.3, 0.4) is 0 Å². The van der Waals surface area contributed by atoms with Gasteiger partial charge in [0.1, 0.15) is 36.1 Å². The minimum absolute atomic E-state index is 0.226. The zero-order valence-corrected chi connectivity index (χ0v) is 14.3. The zero-order valence-electron chi connectivity index (χ0n) is 14.3. The fourth-order valence-corrected chi connectivity index (χ4v) is 3.03. The highest BCUT2D eigenvalue weighted by Gasteiger charge is 2.45. The van der Waals surface area contributed by atoms with Gasteiger partial charge in [0.2, 0.25) is 0 Å². The average Bonchev–Trinajstić information content (AvgIpc) is 3.17. The fourth-order valence-electron chi connectivity index (χ4n) is 3.03. The van der Waals surface area contributed by atoms with E-state index in [1.807, 2.05) is 0 Å². The average molecular weight is 364 g/mol. The van der Waals surface area contributed by atoms with E-state index in [1.165, 1.54) is 32.7 Å². The minimum atomic E-state index is -1.01.